The summed E-state index contributed by atoms with van der Waals surface area (Å²) in [6.45, 7) is 0.851. The van der Waals surface area contributed by atoms with E-state index in [9.17, 15) is 9.18 Å². The van der Waals surface area contributed by atoms with Crippen LogP contribution >= 0.6 is 15.9 Å². The quantitative estimate of drug-likeness (QED) is 0.761. The fourth-order valence-electron chi connectivity index (χ4n) is 1.88. The highest BCUT2D eigenvalue weighted by atomic mass is 79.9. The van der Waals surface area contributed by atoms with E-state index in [0.29, 0.717) is 29.0 Å². The summed E-state index contributed by atoms with van der Waals surface area (Å²) < 4.78 is 20.0. The van der Waals surface area contributed by atoms with Gasteiger partial charge in [0.15, 0.2) is 5.69 Å². The highest BCUT2D eigenvalue weighted by molar-refractivity contribution is 9.10. The molecular weight excluding hydrogens is 303 g/mol. The summed E-state index contributed by atoms with van der Waals surface area (Å²) in [7, 11) is 0. The molecule has 0 radical (unpaired) electrons. The van der Waals surface area contributed by atoms with E-state index in [1.807, 2.05) is 0 Å². The molecule has 0 amide bonds. The Balaban J connectivity index is 2.14. The van der Waals surface area contributed by atoms with Crippen LogP contribution in [0.5, 0.6) is 0 Å². The molecule has 0 bridgehead atoms. The molecule has 2 aromatic rings. The molecule has 3 rings (SSSR count). The van der Waals surface area contributed by atoms with Crippen molar-refractivity contribution in [3.63, 3.8) is 0 Å². The van der Waals surface area contributed by atoms with Crippen LogP contribution in [0.1, 0.15) is 10.5 Å². The van der Waals surface area contributed by atoms with Gasteiger partial charge in [-0.1, -0.05) is 0 Å². The van der Waals surface area contributed by atoms with E-state index >= 15 is 0 Å². The van der Waals surface area contributed by atoms with Crippen molar-refractivity contribution >= 4 is 21.9 Å². The van der Waals surface area contributed by atoms with Crippen LogP contribution in [0.4, 0.5) is 4.39 Å². The molecule has 0 aliphatic carbocycles. The first-order valence-corrected chi connectivity index (χ1v) is 6.15. The Morgan fingerprint density at radius 2 is 2.06 bits per heavy atom. The Bertz CT molecular complexity index is 622. The Hall–Kier alpha value is -1.69. The third-order valence-electron chi connectivity index (χ3n) is 2.74. The van der Waals surface area contributed by atoms with Gasteiger partial charge in [-0.2, -0.15) is 5.10 Å². The molecule has 0 spiro atoms. The maximum atomic E-state index is 12.9. The molecule has 1 aliphatic rings. The van der Waals surface area contributed by atoms with Crippen LogP contribution in [0, 0.1) is 5.82 Å². The molecule has 4 nitrogen and oxygen atoms in total. The van der Waals surface area contributed by atoms with Crippen molar-refractivity contribution < 1.29 is 13.9 Å². The first-order chi connectivity index (χ1) is 8.66. The van der Waals surface area contributed by atoms with E-state index in [1.54, 1.807) is 16.8 Å². The van der Waals surface area contributed by atoms with Gasteiger partial charge in [-0.05, 0) is 40.2 Å². The van der Waals surface area contributed by atoms with E-state index in [-0.39, 0.29) is 5.82 Å². The molecule has 6 heteroatoms. The van der Waals surface area contributed by atoms with E-state index in [2.05, 4.69) is 21.0 Å². The second-order valence-electron chi connectivity index (χ2n) is 3.88. The largest absolute Gasteiger partial charge is 0.459 e. The normalized spacial score (nSPS) is 14.2. The van der Waals surface area contributed by atoms with Crippen molar-refractivity contribution in [2.24, 2.45) is 0 Å². The topological polar surface area (TPSA) is 44.1 Å². The molecule has 0 N–H and O–H groups in total. The Morgan fingerprint density at radius 3 is 2.72 bits per heavy atom. The number of hydrogen-bond donors (Lipinski definition) is 0. The Kier molecular flexibility index (Phi) is 2.66. The number of rotatable bonds is 1. The van der Waals surface area contributed by atoms with Gasteiger partial charge in [0, 0.05) is 5.56 Å². The number of fused-ring (bicyclic) bond motifs is 1. The predicted molar refractivity (Wildman–Crippen MR) is 65.6 cm³/mol. The molecule has 1 aliphatic heterocycles. The van der Waals surface area contributed by atoms with Crippen LogP contribution in [0.2, 0.25) is 0 Å². The summed E-state index contributed by atoms with van der Waals surface area (Å²) in [6.07, 6.45) is 0. The van der Waals surface area contributed by atoms with Crippen LogP contribution in [0.3, 0.4) is 0 Å². The number of benzene rings is 1. The predicted octanol–water partition coefficient (Wildman–Crippen LogP) is 2.62. The van der Waals surface area contributed by atoms with Gasteiger partial charge in [0.1, 0.15) is 18.1 Å². The third-order valence-corrected chi connectivity index (χ3v) is 3.49. The minimum absolute atomic E-state index is 0.307. The van der Waals surface area contributed by atoms with Crippen molar-refractivity contribution in [3.05, 3.63) is 40.2 Å². The van der Waals surface area contributed by atoms with Gasteiger partial charge in [-0.3, -0.25) is 4.68 Å². The van der Waals surface area contributed by atoms with Crippen LogP contribution < -0.4 is 0 Å². The number of cyclic esters (lactones) is 1. The Labute approximate surface area is 110 Å². The number of carbonyl (C=O) groups is 1. The Morgan fingerprint density at radius 1 is 1.33 bits per heavy atom. The number of nitrogens with zero attached hydrogens (tertiary/aromatic N) is 2. The maximum absolute atomic E-state index is 12.9. The summed E-state index contributed by atoms with van der Waals surface area (Å²) in [5.41, 5.74) is 1.77. The molecule has 0 saturated carbocycles. The summed E-state index contributed by atoms with van der Waals surface area (Å²) in [4.78, 5) is 11.6. The molecular formula is C12H8BrFN2O2. The summed E-state index contributed by atoms with van der Waals surface area (Å²) in [5.74, 6) is -0.702. The molecule has 1 aromatic carbocycles. The lowest BCUT2D eigenvalue weighted by Gasteiger charge is -2.12. The molecule has 0 saturated heterocycles. The van der Waals surface area contributed by atoms with E-state index in [0.717, 1.165) is 5.56 Å². The lowest BCUT2D eigenvalue weighted by molar-refractivity contribution is 0.0410. The van der Waals surface area contributed by atoms with Crippen LogP contribution in [0.25, 0.3) is 11.3 Å². The van der Waals surface area contributed by atoms with Gasteiger partial charge in [0.05, 0.1) is 11.0 Å². The highest BCUT2D eigenvalue weighted by Crippen LogP contribution is 2.32. The lowest BCUT2D eigenvalue weighted by Crippen LogP contribution is -2.23. The smallest absolute Gasteiger partial charge is 0.357 e. The zero-order valence-electron chi connectivity index (χ0n) is 9.19. The van der Waals surface area contributed by atoms with Gasteiger partial charge in [-0.15, -0.1) is 0 Å². The number of ether oxygens (including phenoxy) is 1. The second kappa shape index (κ2) is 4.20. The van der Waals surface area contributed by atoms with Crippen LogP contribution in [-0.2, 0) is 11.3 Å². The van der Waals surface area contributed by atoms with Crippen molar-refractivity contribution in [1.82, 2.24) is 9.78 Å². The zero-order chi connectivity index (χ0) is 12.7. The minimum Gasteiger partial charge on any atom is -0.459 e. The zero-order valence-corrected chi connectivity index (χ0v) is 10.8. The number of halogens is 2. The standard InChI is InChI=1S/C12H8BrFN2O2/c13-9-10(7-1-3-8(14)4-2-7)15-16-5-6-18-12(17)11(9)16/h1-4H,5-6H2. The first kappa shape index (κ1) is 11.4. The van der Waals surface area contributed by atoms with Crippen molar-refractivity contribution in [2.75, 3.05) is 6.61 Å². The van der Waals surface area contributed by atoms with Gasteiger partial charge >= 0.3 is 5.97 Å². The fourth-order valence-corrected chi connectivity index (χ4v) is 2.56. The molecule has 92 valence electrons. The van der Waals surface area contributed by atoms with Crippen molar-refractivity contribution in [2.45, 2.75) is 6.54 Å². The third kappa shape index (κ3) is 1.73. The van der Waals surface area contributed by atoms with E-state index in [4.69, 9.17) is 4.74 Å². The van der Waals surface area contributed by atoms with Crippen LogP contribution in [0.15, 0.2) is 28.7 Å². The monoisotopic (exact) mass is 310 g/mol. The number of aromatic nitrogens is 2. The van der Waals surface area contributed by atoms with Crippen molar-refractivity contribution in [1.29, 1.82) is 0 Å². The average Bonchev–Trinajstić information content (AvgIpc) is 2.69. The molecule has 1 aromatic heterocycles. The fraction of sp³-hybridized carbons (Fsp3) is 0.167. The molecule has 18 heavy (non-hydrogen) atoms. The molecule has 2 heterocycles. The summed E-state index contributed by atoms with van der Waals surface area (Å²) in [6, 6.07) is 5.97. The van der Waals surface area contributed by atoms with E-state index in [1.165, 1.54) is 12.1 Å². The van der Waals surface area contributed by atoms with Crippen molar-refractivity contribution in [3.8, 4) is 11.3 Å². The van der Waals surface area contributed by atoms with E-state index < -0.39 is 5.97 Å². The molecule has 0 atom stereocenters. The number of hydrogen-bond acceptors (Lipinski definition) is 3. The highest BCUT2D eigenvalue weighted by Gasteiger charge is 2.27. The van der Waals surface area contributed by atoms with Crippen LogP contribution in [-0.4, -0.2) is 22.4 Å². The van der Waals surface area contributed by atoms with Gasteiger partial charge in [-0.25, -0.2) is 9.18 Å². The SMILES string of the molecule is O=C1OCCn2nc(-c3ccc(F)cc3)c(Br)c21. The lowest BCUT2D eigenvalue weighted by atomic mass is 10.1. The molecule has 0 fully saturated rings. The average molecular weight is 311 g/mol. The minimum atomic E-state index is -0.394. The number of esters is 1. The number of carbonyl (C=O) groups excluding carboxylic acids is 1. The van der Waals surface area contributed by atoms with Gasteiger partial charge in [0.2, 0.25) is 0 Å². The van der Waals surface area contributed by atoms with Gasteiger partial charge in [0.25, 0.3) is 0 Å². The maximum Gasteiger partial charge on any atom is 0.357 e. The summed E-state index contributed by atoms with van der Waals surface area (Å²) >= 11 is 3.35. The summed E-state index contributed by atoms with van der Waals surface area (Å²) in [5, 5.41) is 4.35. The first-order valence-electron chi connectivity index (χ1n) is 5.36. The molecule has 0 unspecified atom stereocenters. The second-order valence-corrected chi connectivity index (χ2v) is 4.67. The van der Waals surface area contributed by atoms with Gasteiger partial charge < -0.3 is 4.74 Å².